The van der Waals surface area contributed by atoms with E-state index in [2.05, 4.69) is 29.3 Å². The normalized spacial score (nSPS) is 19.3. The van der Waals surface area contributed by atoms with E-state index < -0.39 is 5.91 Å². The number of nitrogens with zero attached hydrogens (tertiary/aromatic N) is 2. The third-order valence-electron chi connectivity index (χ3n) is 6.06. The maximum atomic E-state index is 13.0. The first-order chi connectivity index (χ1) is 16.4. The maximum absolute atomic E-state index is 13.0. The van der Waals surface area contributed by atoms with Crippen LogP contribution >= 0.6 is 0 Å². The molecule has 0 saturated carbocycles. The van der Waals surface area contributed by atoms with E-state index in [0.717, 1.165) is 23.5 Å². The van der Waals surface area contributed by atoms with Crippen LogP contribution in [0.5, 0.6) is 5.75 Å². The topological polar surface area (TPSA) is 84.1 Å². The summed E-state index contributed by atoms with van der Waals surface area (Å²) in [5.41, 5.74) is 2.33. The molecule has 34 heavy (non-hydrogen) atoms. The van der Waals surface area contributed by atoms with Gasteiger partial charge in [-0.1, -0.05) is 18.1 Å². The van der Waals surface area contributed by atoms with Crippen LogP contribution in [0, 0.1) is 30.6 Å². The lowest BCUT2D eigenvalue weighted by atomic mass is 9.76. The highest BCUT2D eigenvalue weighted by Crippen LogP contribution is 2.36. The molecule has 0 unspecified atom stereocenters. The van der Waals surface area contributed by atoms with Gasteiger partial charge >= 0.3 is 0 Å². The zero-order valence-corrected chi connectivity index (χ0v) is 19.9. The Morgan fingerprint density at radius 1 is 1.24 bits per heavy atom. The van der Waals surface area contributed by atoms with Gasteiger partial charge in [0.25, 0.3) is 5.91 Å². The van der Waals surface area contributed by atoms with Crippen LogP contribution in [0.4, 0.5) is 0 Å². The van der Waals surface area contributed by atoms with Crippen LogP contribution in [-0.2, 0) is 16.1 Å². The fourth-order valence-corrected chi connectivity index (χ4v) is 4.32. The number of rotatable bonds is 5. The number of allylic oxidation sites excluding steroid dienone is 2. The van der Waals surface area contributed by atoms with Crippen molar-refractivity contribution in [1.29, 1.82) is 0 Å². The molecule has 0 radical (unpaired) electrons. The summed E-state index contributed by atoms with van der Waals surface area (Å²) < 4.78 is 10.9. The Balaban J connectivity index is 1.61. The van der Waals surface area contributed by atoms with Crippen LogP contribution in [0.1, 0.15) is 49.3 Å². The van der Waals surface area contributed by atoms with Crippen molar-refractivity contribution in [3.8, 4) is 17.6 Å². The molecular formula is C27H29N3O4. The molecule has 1 aliphatic carbocycles. The lowest BCUT2D eigenvalue weighted by Gasteiger charge is -2.38. The van der Waals surface area contributed by atoms with Gasteiger partial charge < -0.3 is 14.5 Å². The summed E-state index contributed by atoms with van der Waals surface area (Å²) in [6.07, 6.45) is 5.67. The first-order valence-electron chi connectivity index (χ1n) is 11.5. The zero-order chi connectivity index (χ0) is 24.2. The molecule has 0 spiro atoms. The van der Waals surface area contributed by atoms with E-state index in [1.54, 1.807) is 12.1 Å². The van der Waals surface area contributed by atoms with E-state index >= 15 is 0 Å². The molecule has 2 atom stereocenters. The molecule has 1 aromatic carbocycles. The molecule has 2 aromatic rings. The van der Waals surface area contributed by atoms with Crippen LogP contribution in [0.3, 0.4) is 0 Å². The van der Waals surface area contributed by atoms with E-state index in [0.29, 0.717) is 23.5 Å². The highest BCUT2D eigenvalue weighted by atomic mass is 16.5. The molecule has 2 amide bonds. The van der Waals surface area contributed by atoms with Gasteiger partial charge in [-0.25, -0.2) is 5.01 Å². The van der Waals surface area contributed by atoms with Crippen molar-refractivity contribution >= 4 is 17.5 Å². The van der Waals surface area contributed by atoms with Crippen molar-refractivity contribution in [3.63, 3.8) is 0 Å². The maximum Gasteiger partial charge on any atom is 0.296 e. The first-order valence-corrected chi connectivity index (χ1v) is 11.5. The summed E-state index contributed by atoms with van der Waals surface area (Å²) in [6.45, 7) is 6.05. The number of carbonyl (C=O) groups is 2. The van der Waals surface area contributed by atoms with E-state index in [1.165, 1.54) is 0 Å². The fraction of sp³-hybridized carbons (Fsp3) is 0.370. The number of furan rings is 1. The zero-order valence-electron chi connectivity index (χ0n) is 19.9. The highest BCUT2D eigenvalue weighted by molar-refractivity contribution is 6.07. The van der Waals surface area contributed by atoms with E-state index in [-0.39, 0.29) is 30.3 Å². The third-order valence-corrected chi connectivity index (χ3v) is 6.06. The van der Waals surface area contributed by atoms with Gasteiger partial charge in [0.15, 0.2) is 0 Å². The van der Waals surface area contributed by atoms with Crippen molar-refractivity contribution in [2.75, 3.05) is 7.11 Å². The first kappa shape index (κ1) is 23.4. The SMILES string of the molecule is COc1ccc(C2=NN(C(C)C)C(=O)[C@@H]3CC=CC[C@H]23)cc1C#CC(=O)NCc1ccc(C)o1. The summed E-state index contributed by atoms with van der Waals surface area (Å²) >= 11 is 0. The van der Waals surface area contributed by atoms with E-state index in [1.807, 2.05) is 51.1 Å². The van der Waals surface area contributed by atoms with Gasteiger partial charge in [-0.05, 0) is 69.5 Å². The summed E-state index contributed by atoms with van der Waals surface area (Å²) in [5, 5.41) is 9.09. The quantitative estimate of drug-likeness (QED) is 0.545. The van der Waals surface area contributed by atoms with Gasteiger partial charge in [-0.2, -0.15) is 5.10 Å². The van der Waals surface area contributed by atoms with Gasteiger partial charge in [-0.15, -0.1) is 0 Å². The Morgan fingerprint density at radius 3 is 2.68 bits per heavy atom. The molecule has 0 bridgehead atoms. The number of hydrogen-bond donors (Lipinski definition) is 1. The summed E-state index contributed by atoms with van der Waals surface area (Å²) in [7, 11) is 1.57. The smallest absolute Gasteiger partial charge is 0.296 e. The molecule has 7 nitrogen and oxygen atoms in total. The predicted molar refractivity (Wildman–Crippen MR) is 129 cm³/mol. The second-order valence-electron chi connectivity index (χ2n) is 8.78. The Labute approximate surface area is 199 Å². The largest absolute Gasteiger partial charge is 0.495 e. The molecule has 4 rings (SSSR count). The van der Waals surface area contributed by atoms with E-state index in [9.17, 15) is 9.59 Å². The molecule has 2 heterocycles. The molecule has 1 aliphatic heterocycles. The number of hydrazone groups is 1. The molecule has 7 heteroatoms. The van der Waals surface area contributed by atoms with Crippen molar-refractivity contribution in [2.24, 2.45) is 16.9 Å². The summed E-state index contributed by atoms with van der Waals surface area (Å²) in [4.78, 5) is 25.3. The number of fused-ring (bicyclic) bond motifs is 1. The predicted octanol–water partition coefficient (Wildman–Crippen LogP) is 3.80. The Morgan fingerprint density at radius 2 is 2.00 bits per heavy atom. The molecule has 1 N–H and O–H groups in total. The van der Waals surface area contributed by atoms with Gasteiger partial charge in [0.2, 0.25) is 5.91 Å². The molecular weight excluding hydrogens is 430 g/mol. The third kappa shape index (κ3) is 4.91. The van der Waals surface area contributed by atoms with Gasteiger partial charge in [0.05, 0.1) is 30.8 Å². The minimum Gasteiger partial charge on any atom is -0.495 e. The van der Waals surface area contributed by atoms with Crippen LogP contribution in [0.25, 0.3) is 0 Å². The Kier molecular flexibility index (Phi) is 6.87. The van der Waals surface area contributed by atoms with Gasteiger partial charge in [0, 0.05) is 17.9 Å². The molecule has 2 aliphatic rings. The number of ether oxygens (including phenoxy) is 1. The number of benzene rings is 1. The minimum absolute atomic E-state index is 0.0155. The average Bonchev–Trinajstić information content (AvgIpc) is 3.26. The molecule has 1 aromatic heterocycles. The van der Waals surface area contributed by atoms with Crippen molar-refractivity contribution < 1.29 is 18.7 Å². The standard InChI is InChI=1S/C27H29N3O4/c1-17(2)30-27(32)23-8-6-5-7-22(23)26(29-30)20-10-13-24(33-4)19(15-20)11-14-25(31)28-16-21-12-9-18(3)34-21/h5-6,9-10,12-13,15,17,22-23H,7-8,16H2,1-4H3,(H,28,31)/t22-,23+/m0/s1. The lowest BCUT2D eigenvalue weighted by Crippen LogP contribution is -2.47. The summed E-state index contributed by atoms with van der Waals surface area (Å²) in [6, 6.07) is 9.28. The number of hydrogen-bond acceptors (Lipinski definition) is 5. The molecule has 0 fully saturated rings. The van der Waals surface area contributed by atoms with Crippen LogP contribution < -0.4 is 10.1 Å². The highest BCUT2D eigenvalue weighted by Gasteiger charge is 2.40. The average molecular weight is 460 g/mol. The van der Waals surface area contributed by atoms with Crippen LogP contribution in [0.15, 0.2) is 52.0 Å². The van der Waals surface area contributed by atoms with Crippen molar-refractivity contribution in [2.45, 2.75) is 46.2 Å². The number of aryl methyl sites for hydroxylation is 1. The number of methoxy groups -OCH3 is 1. The number of amides is 2. The second-order valence-corrected chi connectivity index (χ2v) is 8.78. The van der Waals surface area contributed by atoms with Crippen molar-refractivity contribution in [3.05, 3.63) is 65.1 Å². The lowest BCUT2D eigenvalue weighted by molar-refractivity contribution is -0.139. The fourth-order valence-electron chi connectivity index (χ4n) is 4.32. The minimum atomic E-state index is -0.412. The summed E-state index contributed by atoms with van der Waals surface area (Å²) in [5.74, 6) is 7.15. The molecule has 176 valence electrons. The van der Waals surface area contributed by atoms with Gasteiger partial charge in [-0.3, -0.25) is 9.59 Å². The van der Waals surface area contributed by atoms with Crippen molar-refractivity contribution in [1.82, 2.24) is 10.3 Å². The van der Waals surface area contributed by atoms with Crippen LogP contribution in [0.2, 0.25) is 0 Å². The number of carbonyl (C=O) groups excluding carboxylic acids is 2. The van der Waals surface area contributed by atoms with E-state index in [4.69, 9.17) is 14.3 Å². The monoisotopic (exact) mass is 459 g/mol. The number of nitrogens with one attached hydrogen (secondary N) is 1. The molecule has 0 saturated heterocycles. The van der Waals surface area contributed by atoms with Crippen LogP contribution in [-0.4, -0.2) is 35.7 Å². The Hall–Kier alpha value is -3.79. The Bertz CT molecular complexity index is 1210. The second kappa shape index (κ2) is 10.0. The van der Waals surface area contributed by atoms with Gasteiger partial charge in [0.1, 0.15) is 17.3 Å².